The van der Waals surface area contributed by atoms with Gasteiger partial charge >= 0.3 is 0 Å². The van der Waals surface area contributed by atoms with Crippen LogP contribution in [0.2, 0.25) is 0 Å². The normalized spacial score (nSPS) is 10.6. The third-order valence-corrected chi connectivity index (χ3v) is 3.85. The minimum atomic E-state index is -0.184. The second kappa shape index (κ2) is 7.72. The fourth-order valence-corrected chi connectivity index (χ4v) is 2.49. The Morgan fingerprint density at radius 1 is 1.08 bits per heavy atom. The fraction of sp³-hybridized carbons (Fsp3) is 0.211. The van der Waals surface area contributed by atoms with Crippen molar-refractivity contribution in [2.75, 3.05) is 20.1 Å². The number of amides is 1. The number of nitrogens with zero attached hydrogens (tertiary/aromatic N) is 3. The first kappa shape index (κ1) is 16.9. The number of imidazole rings is 1. The molecule has 6 heteroatoms. The zero-order valence-electron chi connectivity index (χ0n) is 14.4. The summed E-state index contributed by atoms with van der Waals surface area (Å²) in [5.41, 5.74) is 3.43. The standard InChI is InChI=1S/C19H21N5O/c1-14-3-5-15(6-4-14)18-23-17(19(25)22-12-11-20-2)13-24(18)16-7-9-21-10-8-16/h3-10,13,20H,11-12H2,1-2H3,(H,22,25). The van der Waals surface area contributed by atoms with Crippen molar-refractivity contribution in [2.45, 2.75) is 6.92 Å². The van der Waals surface area contributed by atoms with Gasteiger partial charge in [-0.25, -0.2) is 4.98 Å². The Morgan fingerprint density at radius 3 is 2.48 bits per heavy atom. The fourth-order valence-electron chi connectivity index (χ4n) is 2.49. The van der Waals surface area contributed by atoms with E-state index >= 15 is 0 Å². The van der Waals surface area contributed by atoms with Gasteiger partial charge in [0, 0.05) is 37.2 Å². The number of benzene rings is 1. The lowest BCUT2D eigenvalue weighted by molar-refractivity contribution is 0.0949. The molecule has 0 spiro atoms. The molecule has 0 aliphatic carbocycles. The summed E-state index contributed by atoms with van der Waals surface area (Å²) < 4.78 is 1.92. The largest absolute Gasteiger partial charge is 0.349 e. The summed E-state index contributed by atoms with van der Waals surface area (Å²) in [6.45, 7) is 3.30. The Labute approximate surface area is 146 Å². The van der Waals surface area contributed by atoms with Gasteiger partial charge in [-0.15, -0.1) is 0 Å². The number of aryl methyl sites for hydroxylation is 1. The van der Waals surface area contributed by atoms with Gasteiger partial charge in [0.15, 0.2) is 0 Å². The van der Waals surface area contributed by atoms with Crippen molar-refractivity contribution in [3.05, 3.63) is 66.2 Å². The van der Waals surface area contributed by atoms with Crippen molar-refractivity contribution < 1.29 is 4.79 Å². The van der Waals surface area contributed by atoms with E-state index in [4.69, 9.17) is 0 Å². The minimum Gasteiger partial charge on any atom is -0.349 e. The predicted molar refractivity (Wildman–Crippen MR) is 97.8 cm³/mol. The molecule has 0 unspecified atom stereocenters. The molecule has 2 N–H and O–H groups in total. The average Bonchev–Trinajstić information content (AvgIpc) is 3.09. The Morgan fingerprint density at radius 2 is 1.80 bits per heavy atom. The summed E-state index contributed by atoms with van der Waals surface area (Å²) >= 11 is 0. The monoisotopic (exact) mass is 335 g/mol. The average molecular weight is 335 g/mol. The van der Waals surface area contributed by atoms with E-state index in [1.807, 2.05) is 54.9 Å². The second-order valence-electron chi connectivity index (χ2n) is 5.75. The van der Waals surface area contributed by atoms with Gasteiger partial charge in [0.25, 0.3) is 5.91 Å². The van der Waals surface area contributed by atoms with Crippen LogP contribution >= 0.6 is 0 Å². The zero-order valence-corrected chi connectivity index (χ0v) is 14.4. The SMILES string of the molecule is CNCCNC(=O)c1cn(-c2ccncc2)c(-c2ccc(C)cc2)n1. The maximum absolute atomic E-state index is 12.4. The highest BCUT2D eigenvalue weighted by molar-refractivity contribution is 5.93. The van der Waals surface area contributed by atoms with Crippen molar-refractivity contribution in [3.63, 3.8) is 0 Å². The molecule has 0 saturated carbocycles. The van der Waals surface area contributed by atoms with E-state index in [2.05, 4.69) is 20.6 Å². The highest BCUT2D eigenvalue weighted by Crippen LogP contribution is 2.23. The Bertz CT molecular complexity index is 840. The van der Waals surface area contributed by atoms with Crippen molar-refractivity contribution >= 4 is 5.91 Å². The molecule has 128 valence electrons. The van der Waals surface area contributed by atoms with Crippen LogP contribution in [0.1, 0.15) is 16.1 Å². The number of nitrogens with one attached hydrogen (secondary N) is 2. The molecule has 0 fully saturated rings. The quantitative estimate of drug-likeness (QED) is 0.678. The summed E-state index contributed by atoms with van der Waals surface area (Å²) in [4.78, 5) is 21.0. The van der Waals surface area contributed by atoms with Crippen molar-refractivity contribution in [1.29, 1.82) is 0 Å². The number of hydrogen-bond donors (Lipinski definition) is 2. The molecule has 25 heavy (non-hydrogen) atoms. The van der Waals surface area contributed by atoms with Gasteiger partial charge in [-0.3, -0.25) is 14.3 Å². The zero-order chi connectivity index (χ0) is 17.6. The molecule has 6 nitrogen and oxygen atoms in total. The highest BCUT2D eigenvalue weighted by atomic mass is 16.1. The molecule has 2 aromatic heterocycles. The number of aromatic nitrogens is 3. The Kier molecular flexibility index (Phi) is 5.20. The predicted octanol–water partition coefficient (Wildman–Crippen LogP) is 2.19. The summed E-state index contributed by atoms with van der Waals surface area (Å²) in [6.07, 6.45) is 5.21. The summed E-state index contributed by atoms with van der Waals surface area (Å²) in [5.74, 6) is 0.543. The number of carbonyl (C=O) groups excluding carboxylic acids is 1. The van der Waals surface area contributed by atoms with Crippen molar-refractivity contribution in [1.82, 2.24) is 25.2 Å². The van der Waals surface area contributed by atoms with Gasteiger partial charge in [-0.1, -0.05) is 29.8 Å². The number of hydrogen-bond acceptors (Lipinski definition) is 4. The highest BCUT2D eigenvalue weighted by Gasteiger charge is 2.16. The molecule has 0 saturated heterocycles. The summed E-state index contributed by atoms with van der Waals surface area (Å²) in [6, 6.07) is 11.9. The van der Waals surface area contributed by atoms with Gasteiger partial charge < -0.3 is 10.6 Å². The number of rotatable bonds is 6. The van der Waals surface area contributed by atoms with E-state index < -0.39 is 0 Å². The molecule has 1 amide bonds. The number of likely N-dealkylation sites (N-methyl/N-ethyl adjacent to an activating group) is 1. The third-order valence-electron chi connectivity index (χ3n) is 3.85. The Balaban J connectivity index is 2.00. The molecule has 0 bridgehead atoms. The van der Waals surface area contributed by atoms with E-state index in [9.17, 15) is 4.79 Å². The van der Waals surface area contributed by atoms with Crippen LogP contribution in [0.5, 0.6) is 0 Å². The van der Waals surface area contributed by atoms with E-state index in [-0.39, 0.29) is 5.91 Å². The Hall–Kier alpha value is -2.99. The lowest BCUT2D eigenvalue weighted by atomic mass is 10.1. The van der Waals surface area contributed by atoms with Gasteiger partial charge in [0.1, 0.15) is 11.5 Å². The molecular formula is C19H21N5O. The van der Waals surface area contributed by atoms with E-state index in [1.165, 1.54) is 5.56 Å². The molecule has 2 heterocycles. The molecule has 1 aromatic carbocycles. The van der Waals surface area contributed by atoms with Gasteiger partial charge in [0.05, 0.1) is 5.69 Å². The summed E-state index contributed by atoms with van der Waals surface area (Å²) in [7, 11) is 1.85. The van der Waals surface area contributed by atoms with Crippen LogP contribution in [0.4, 0.5) is 0 Å². The van der Waals surface area contributed by atoms with Gasteiger partial charge in [0.2, 0.25) is 0 Å². The van der Waals surface area contributed by atoms with Crippen LogP contribution in [0, 0.1) is 6.92 Å². The van der Waals surface area contributed by atoms with Crippen LogP contribution in [-0.2, 0) is 0 Å². The molecule has 3 rings (SSSR count). The smallest absolute Gasteiger partial charge is 0.271 e. The van der Waals surface area contributed by atoms with Crippen LogP contribution in [0.15, 0.2) is 55.0 Å². The van der Waals surface area contributed by atoms with E-state index in [0.717, 1.165) is 17.1 Å². The third kappa shape index (κ3) is 3.92. The van der Waals surface area contributed by atoms with Crippen molar-refractivity contribution in [2.24, 2.45) is 0 Å². The molecule has 3 aromatic rings. The van der Waals surface area contributed by atoms with E-state index in [0.29, 0.717) is 18.8 Å². The second-order valence-corrected chi connectivity index (χ2v) is 5.75. The maximum atomic E-state index is 12.4. The number of pyridine rings is 1. The first-order valence-corrected chi connectivity index (χ1v) is 8.18. The first-order valence-electron chi connectivity index (χ1n) is 8.18. The maximum Gasteiger partial charge on any atom is 0.271 e. The van der Waals surface area contributed by atoms with Crippen LogP contribution in [0.25, 0.3) is 17.1 Å². The molecule has 0 aliphatic rings. The molecule has 0 aliphatic heterocycles. The molecule has 0 atom stereocenters. The van der Waals surface area contributed by atoms with Gasteiger partial charge in [-0.05, 0) is 26.1 Å². The molecular weight excluding hydrogens is 314 g/mol. The van der Waals surface area contributed by atoms with Crippen LogP contribution in [-0.4, -0.2) is 40.6 Å². The van der Waals surface area contributed by atoms with E-state index in [1.54, 1.807) is 18.6 Å². The minimum absolute atomic E-state index is 0.184. The van der Waals surface area contributed by atoms with Crippen LogP contribution < -0.4 is 10.6 Å². The lowest BCUT2D eigenvalue weighted by Gasteiger charge is -2.07. The lowest BCUT2D eigenvalue weighted by Crippen LogP contribution is -2.30. The first-order chi connectivity index (χ1) is 12.2. The van der Waals surface area contributed by atoms with Gasteiger partial charge in [-0.2, -0.15) is 0 Å². The number of carbonyl (C=O) groups is 1. The topological polar surface area (TPSA) is 71.8 Å². The molecule has 0 radical (unpaired) electrons. The summed E-state index contributed by atoms with van der Waals surface area (Å²) in [5, 5.41) is 5.86. The van der Waals surface area contributed by atoms with Crippen LogP contribution in [0.3, 0.4) is 0 Å². The van der Waals surface area contributed by atoms with Crippen molar-refractivity contribution in [3.8, 4) is 17.1 Å².